The molecule has 0 radical (unpaired) electrons. The fourth-order valence-corrected chi connectivity index (χ4v) is 1.86. The molecule has 0 N–H and O–H groups in total. The summed E-state index contributed by atoms with van der Waals surface area (Å²) in [4.78, 5) is 12.8. The Bertz CT molecular complexity index is 460. The van der Waals surface area contributed by atoms with Gasteiger partial charge in [0.25, 0.3) is 0 Å². The van der Waals surface area contributed by atoms with Crippen molar-refractivity contribution in [2.24, 2.45) is 0 Å². The largest absolute Gasteiger partial charge is 0.545 e. The monoisotopic (exact) mass is 228 g/mol. The Morgan fingerprint density at radius 3 is 2.53 bits per heavy atom. The number of nitrogens with zero attached hydrogens (tertiary/aromatic N) is 1. The number of benzene rings is 1. The summed E-state index contributed by atoms with van der Waals surface area (Å²) in [7, 11) is 0. The van der Waals surface area contributed by atoms with Crippen LogP contribution in [0.5, 0.6) is 0 Å². The Hall–Kier alpha value is -2.03. The second-order valence-electron chi connectivity index (χ2n) is 4.05. The van der Waals surface area contributed by atoms with Crippen LogP contribution in [0.3, 0.4) is 0 Å². The van der Waals surface area contributed by atoms with E-state index in [1.807, 2.05) is 30.5 Å². The van der Waals surface area contributed by atoms with Gasteiger partial charge in [-0.2, -0.15) is 0 Å². The van der Waals surface area contributed by atoms with Crippen LogP contribution in [0.2, 0.25) is 0 Å². The van der Waals surface area contributed by atoms with Gasteiger partial charge in [0.1, 0.15) is 0 Å². The van der Waals surface area contributed by atoms with Gasteiger partial charge in [0.15, 0.2) is 0 Å². The SMILES string of the molecule is CC(c1ccc(C(=O)[O-])cc1)N1C=CC=CC1. The molecule has 88 valence electrons. The van der Waals surface area contributed by atoms with E-state index < -0.39 is 5.97 Å². The molecule has 17 heavy (non-hydrogen) atoms. The number of hydrogen-bond donors (Lipinski definition) is 0. The van der Waals surface area contributed by atoms with Gasteiger partial charge in [-0.15, -0.1) is 0 Å². The lowest BCUT2D eigenvalue weighted by molar-refractivity contribution is -0.255. The minimum atomic E-state index is -1.13. The van der Waals surface area contributed by atoms with Gasteiger partial charge in [-0.3, -0.25) is 0 Å². The van der Waals surface area contributed by atoms with Crippen LogP contribution < -0.4 is 5.11 Å². The molecule has 1 atom stereocenters. The average molecular weight is 228 g/mol. The number of carbonyl (C=O) groups is 1. The molecule has 0 aliphatic carbocycles. The third-order valence-electron chi connectivity index (χ3n) is 2.97. The Kier molecular flexibility index (Phi) is 3.28. The summed E-state index contributed by atoms with van der Waals surface area (Å²) in [6.45, 7) is 2.97. The molecule has 0 saturated carbocycles. The maximum absolute atomic E-state index is 10.6. The summed E-state index contributed by atoms with van der Waals surface area (Å²) in [5.74, 6) is -1.13. The molecule has 1 aliphatic rings. The fourth-order valence-electron chi connectivity index (χ4n) is 1.86. The molecule has 0 spiro atoms. The third-order valence-corrected chi connectivity index (χ3v) is 2.97. The number of carbonyl (C=O) groups excluding carboxylic acids is 1. The van der Waals surface area contributed by atoms with Gasteiger partial charge in [-0.25, -0.2) is 0 Å². The van der Waals surface area contributed by atoms with Crippen LogP contribution >= 0.6 is 0 Å². The van der Waals surface area contributed by atoms with Crippen LogP contribution in [-0.4, -0.2) is 17.4 Å². The molecule has 2 rings (SSSR count). The highest BCUT2D eigenvalue weighted by Crippen LogP contribution is 2.21. The number of carboxylic acids is 1. The van der Waals surface area contributed by atoms with Gasteiger partial charge in [-0.05, 0) is 30.3 Å². The molecule has 1 aliphatic heterocycles. The summed E-state index contributed by atoms with van der Waals surface area (Å²) in [5.41, 5.74) is 1.31. The molecular weight excluding hydrogens is 214 g/mol. The molecule has 3 heteroatoms. The number of carboxylic acid groups (broad SMARTS) is 1. The molecule has 1 heterocycles. The van der Waals surface area contributed by atoms with Gasteiger partial charge < -0.3 is 14.8 Å². The molecule has 1 aromatic rings. The first kappa shape index (κ1) is 11.5. The number of aromatic carboxylic acids is 1. The molecule has 0 fully saturated rings. The van der Waals surface area contributed by atoms with Gasteiger partial charge in [0.2, 0.25) is 0 Å². The van der Waals surface area contributed by atoms with Crippen molar-refractivity contribution in [3.05, 3.63) is 59.8 Å². The molecule has 1 aromatic carbocycles. The smallest absolute Gasteiger partial charge is 0.0715 e. The Morgan fingerprint density at radius 1 is 1.29 bits per heavy atom. The molecule has 0 aromatic heterocycles. The zero-order chi connectivity index (χ0) is 12.3. The summed E-state index contributed by atoms with van der Waals surface area (Å²) >= 11 is 0. The lowest BCUT2D eigenvalue weighted by Gasteiger charge is -2.28. The molecule has 0 amide bonds. The third kappa shape index (κ3) is 2.56. The van der Waals surface area contributed by atoms with E-state index in [2.05, 4.69) is 17.9 Å². The molecule has 3 nitrogen and oxygen atoms in total. The minimum Gasteiger partial charge on any atom is -0.545 e. The highest BCUT2D eigenvalue weighted by atomic mass is 16.4. The van der Waals surface area contributed by atoms with Crippen molar-refractivity contribution in [2.45, 2.75) is 13.0 Å². The van der Waals surface area contributed by atoms with E-state index in [0.29, 0.717) is 0 Å². The standard InChI is InChI=1S/C14H15NO2/c1-11(15-9-3-2-4-10-15)12-5-7-13(8-6-12)14(16)17/h2-9,11H,10H2,1H3,(H,16,17)/p-1. The summed E-state index contributed by atoms with van der Waals surface area (Å²) < 4.78 is 0. The number of rotatable bonds is 3. The zero-order valence-electron chi connectivity index (χ0n) is 9.67. The number of hydrogen-bond acceptors (Lipinski definition) is 3. The summed E-state index contributed by atoms with van der Waals surface area (Å²) in [6.07, 6.45) is 8.14. The highest BCUT2D eigenvalue weighted by molar-refractivity contribution is 5.85. The van der Waals surface area contributed by atoms with E-state index in [4.69, 9.17) is 0 Å². The Morgan fingerprint density at radius 2 is 2.00 bits per heavy atom. The van der Waals surface area contributed by atoms with Gasteiger partial charge in [0, 0.05) is 6.54 Å². The van der Waals surface area contributed by atoms with E-state index in [0.717, 1.165) is 12.1 Å². The quantitative estimate of drug-likeness (QED) is 0.787. The van der Waals surface area contributed by atoms with E-state index >= 15 is 0 Å². The molecule has 0 bridgehead atoms. The van der Waals surface area contributed by atoms with Crippen molar-refractivity contribution >= 4 is 5.97 Å². The second-order valence-corrected chi connectivity index (χ2v) is 4.05. The maximum atomic E-state index is 10.6. The summed E-state index contributed by atoms with van der Waals surface area (Å²) in [6, 6.07) is 7.08. The van der Waals surface area contributed by atoms with Crippen LogP contribution in [0.4, 0.5) is 0 Å². The van der Waals surface area contributed by atoms with Crippen molar-refractivity contribution in [1.82, 2.24) is 4.90 Å². The predicted molar refractivity (Wildman–Crippen MR) is 64.2 cm³/mol. The van der Waals surface area contributed by atoms with Crippen LogP contribution in [0.25, 0.3) is 0 Å². The second kappa shape index (κ2) is 4.87. The topological polar surface area (TPSA) is 43.4 Å². The molecular formula is C14H14NO2-. The predicted octanol–water partition coefficient (Wildman–Crippen LogP) is 1.50. The van der Waals surface area contributed by atoms with Gasteiger partial charge >= 0.3 is 0 Å². The lowest BCUT2D eigenvalue weighted by Crippen LogP contribution is -2.24. The fraction of sp³-hybridized carbons (Fsp3) is 0.214. The van der Waals surface area contributed by atoms with Crippen LogP contribution in [0.1, 0.15) is 28.9 Å². The van der Waals surface area contributed by atoms with E-state index in [1.54, 1.807) is 12.1 Å². The van der Waals surface area contributed by atoms with Gasteiger partial charge in [-0.1, -0.05) is 36.4 Å². The average Bonchev–Trinajstić information content (AvgIpc) is 2.39. The molecule has 1 unspecified atom stereocenters. The van der Waals surface area contributed by atoms with Gasteiger partial charge in [0.05, 0.1) is 12.0 Å². The van der Waals surface area contributed by atoms with Crippen LogP contribution in [0, 0.1) is 0 Å². The lowest BCUT2D eigenvalue weighted by atomic mass is 10.0. The Labute approximate surface area is 101 Å². The van der Waals surface area contributed by atoms with Crippen LogP contribution in [-0.2, 0) is 0 Å². The first-order chi connectivity index (χ1) is 8.18. The Balaban J connectivity index is 2.14. The van der Waals surface area contributed by atoms with Crippen molar-refractivity contribution in [3.8, 4) is 0 Å². The first-order valence-corrected chi connectivity index (χ1v) is 5.59. The normalized spacial score (nSPS) is 15.9. The highest BCUT2D eigenvalue weighted by Gasteiger charge is 2.12. The zero-order valence-corrected chi connectivity index (χ0v) is 9.67. The van der Waals surface area contributed by atoms with E-state index in [9.17, 15) is 9.90 Å². The minimum absolute atomic E-state index is 0.218. The first-order valence-electron chi connectivity index (χ1n) is 5.59. The molecule has 0 saturated heterocycles. The number of allylic oxidation sites excluding steroid dienone is 2. The summed E-state index contributed by atoms with van der Waals surface area (Å²) in [5, 5.41) is 10.6. The van der Waals surface area contributed by atoms with Crippen molar-refractivity contribution in [2.75, 3.05) is 6.54 Å². The van der Waals surface area contributed by atoms with E-state index in [1.165, 1.54) is 0 Å². The van der Waals surface area contributed by atoms with Crippen molar-refractivity contribution in [3.63, 3.8) is 0 Å². The van der Waals surface area contributed by atoms with Crippen molar-refractivity contribution in [1.29, 1.82) is 0 Å². The van der Waals surface area contributed by atoms with E-state index in [-0.39, 0.29) is 11.6 Å². The maximum Gasteiger partial charge on any atom is 0.0715 e. The van der Waals surface area contributed by atoms with Crippen molar-refractivity contribution < 1.29 is 9.90 Å². The van der Waals surface area contributed by atoms with Crippen LogP contribution in [0.15, 0.2) is 48.7 Å².